The second-order valence-corrected chi connectivity index (χ2v) is 10.2. The van der Waals surface area contributed by atoms with Crippen molar-refractivity contribution in [2.24, 2.45) is 0 Å². The highest BCUT2D eigenvalue weighted by Crippen LogP contribution is 2.37. The summed E-state index contributed by atoms with van der Waals surface area (Å²) in [4.78, 5) is 0. The van der Waals surface area contributed by atoms with Crippen LogP contribution in [-0.2, 0) is 29.4 Å². The van der Waals surface area contributed by atoms with Crippen molar-refractivity contribution in [1.29, 1.82) is 0 Å². The van der Waals surface area contributed by atoms with E-state index in [1.807, 2.05) is 0 Å². The zero-order valence-electron chi connectivity index (χ0n) is 23.6. The molecule has 1 N–H and O–H groups in total. The van der Waals surface area contributed by atoms with Crippen LogP contribution < -0.4 is 0 Å². The molecule has 0 fully saturated rings. The first-order valence-electron chi connectivity index (χ1n) is 13.3. The highest BCUT2D eigenvalue weighted by molar-refractivity contribution is 6.17. The van der Waals surface area contributed by atoms with E-state index in [9.17, 15) is 57.8 Å². The van der Waals surface area contributed by atoms with E-state index in [1.165, 1.54) is 36.4 Å². The van der Waals surface area contributed by atoms with Crippen LogP contribution in [0.2, 0.25) is 0 Å². The molecule has 0 saturated heterocycles. The van der Waals surface area contributed by atoms with Crippen LogP contribution in [0.25, 0.3) is 0 Å². The lowest BCUT2D eigenvalue weighted by Crippen LogP contribution is -2.12. The summed E-state index contributed by atoms with van der Waals surface area (Å²) in [5, 5.41) is 10.0. The molecule has 0 saturated carbocycles. The molecule has 0 radical (unpaired) electrons. The molecule has 2 nitrogen and oxygen atoms in total. The van der Waals surface area contributed by atoms with Crippen LogP contribution in [0.3, 0.4) is 0 Å². The first-order chi connectivity index (χ1) is 21.7. The Balaban J connectivity index is 0.000000257. The molecule has 0 heterocycles. The summed E-state index contributed by atoms with van der Waals surface area (Å²) in [6.45, 7) is -0.0291. The predicted octanol–water partition coefficient (Wildman–Crippen LogP) is 10.9. The summed E-state index contributed by atoms with van der Waals surface area (Å²) < 4.78 is 159. The molecular formula is C32H23ClF12O2. The third kappa shape index (κ3) is 10.6. The highest BCUT2D eigenvalue weighted by atomic mass is 35.5. The van der Waals surface area contributed by atoms with Crippen molar-refractivity contribution in [3.05, 3.63) is 142 Å². The molecule has 4 aromatic carbocycles. The molecule has 0 aliphatic carbocycles. The van der Waals surface area contributed by atoms with Gasteiger partial charge in [-0.1, -0.05) is 48.5 Å². The van der Waals surface area contributed by atoms with Crippen molar-refractivity contribution in [3.63, 3.8) is 0 Å². The fourth-order valence-corrected chi connectivity index (χ4v) is 4.36. The van der Waals surface area contributed by atoms with Crippen molar-refractivity contribution in [1.82, 2.24) is 0 Å². The molecule has 0 atom stereocenters. The van der Waals surface area contributed by atoms with Crippen molar-refractivity contribution in [2.45, 2.75) is 36.9 Å². The molecular weight excluding hydrogens is 680 g/mol. The minimum atomic E-state index is -4.59. The minimum Gasteiger partial charge on any atom is -0.384 e. The van der Waals surface area contributed by atoms with Crippen LogP contribution in [0.15, 0.2) is 97.1 Å². The third-order valence-electron chi connectivity index (χ3n) is 6.45. The number of benzene rings is 4. The molecule has 0 aliphatic rings. The lowest BCUT2D eigenvalue weighted by atomic mass is 9.97. The first kappa shape index (κ1) is 37.7. The fraction of sp³-hybridized carbons (Fsp3) is 0.250. The first-order valence-corrected chi connectivity index (χ1v) is 13.8. The van der Waals surface area contributed by atoms with Gasteiger partial charge in [0.15, 0.2) is 0 Å². The van der Waals surface area contributed by atoms with Gasteiger partial charge in [-0.3, -0.25) is 0 Å². The van der Waals surface area contributed by atoms with Crippen molar-refractivity contribution >= 4 is 11.6 Å². The van der Waals surface area contributed by atoms with E-state index in [-0.39, 0.29) is 34.7 Å². The number of rotatable bonds is 7. The topological polar surface area (TPSA) is 29.5 Å². The van der Waals surface area contributed by atoms with Crippen molar-refractivity contribution in [3.8, 4) is 0 Å². The van der Waals surface area contributed by atoms with Crippen LogP contribution in [0, 0.1) is 0 Å². The second-order valence-electron chi connectivity index (χ2n) is 9.84. The molecule has 0 aromatic heterocycles. The van der Waals surface area contributed by atoms with Crippen LogP contribution in [-0.4, -0.2) is 17.6 Å². The Kier molecular flexibility index (Phi) is 12.0. The van der Waals surface area contributed by atoms with Gasteiger partial charge in [-0.25, -0.2) is 0 Å². The maximum absolute atomic E-state index is 12.9. The maximum Gasteiger partial charge on any atom is 0.416 e. The minimum absolute atomic E-state index is 0.0291. The van der Waals surface area contributed by atoms with E-state index >= 15 is 0 Å². The van der Waals surface area contributed by atoms with Gasteiger partial charge >= 0.3 is 24.7 Å². The Morgan fingerprint density at radius 2 is 0.766 bits per heavy atom. The maximum atomic E-state index is 12.9. The zero-order chi connectivity index (χ0) is 35.2. The quantitative estimate of drug-likeness (QED) is 0.153. The summed E-state index contributed by atoms with van der Waals surface area (Å²) in [5.41, 5.74) is -3.83. The largest absolute Gasteiger partial charge is 0.416 e. The zero-order valence-corrected chi connectivity index (χ0v) is 24.3. The average molecular weight is 703 g/mol. The number of hydrogen-bond acceptors (Lipinski definition) is 2. The average Bonchev–Trinajstić information content (AvgIpc) is 3.00. The Labute approximate surface area is 265 Å². The molecule has 4 rings (SSSR count). The Morgan fingerprint density at radius 3 is 1.04 bits per heavy atom. The smallest absolute Gasteiger partial charge is 0.384 e. The van der Waals surface area contributed by atoms with Crippen LogP contribution >= 0.6 is 11.6 Å². The van der Waals surface area contributed by atoms with Gasteiger partial charge in [0.2, 0.25) is 0 Å². The Bertz CT molecular complexity index is 1500. The number of aliphatic hydroxyl groups is 1. The summed E-state index contributed by atoms with van der Waals surface area (Å²) in [6.07, 6.45) is -21.0. The highest BCUT2D eigenvalue weighted by Gasteiger charge is 2.34. The second kappa shape index (κ2) is 15.0. The van der Waals surface area contributed by atoms with E-state index in [1.54, 1.807) is 0 Å². The SMILES string of the molecule is FC(F)(F)c1cccc(C(OCCCl)c2cccc(C(F)(F)F)c2)c1.OC(c1cccc(C(F)(F)F)c1)c1cccc(C(F)(F)F)c1. The molecule has 254 valence electrons. The van der Waals surface area contributed by atoms with Crippen molar-refractivity contribution < 1.29 is 62.5 Å². The molecule has 47 heavy (non-hydrogen) atoms. The van der Waals surface area contributed by atoms with Gasteiger partial charge in [-0.05, 0) is 70.8 Å². The predicted molar refractivity (Wildman–Crippen MR) is 148 cm³/mol. The monoisotopic (exact) mass is 702 g/mol. The lowest BCUT2D eigenvalue weighted by Gasteiger charge is -2.21. The van der Waals surface area contributed by atoms with Crippen LogP contribution in [0.4, 0.5) is 52.7 Å². The summed E-state index contributed by atoms with van der Waals surface area (Å²) >= 11 is 5.54. The van der Waals surface area contributed by atoms with Gasteiger partial charge in [0.1, 0.15) is 12.2 Å². The molecule has 15 heteroatoms. The molecule has 0 aliphatic heterocycles. The number of hydrogen-bond donors (Lipinski definition) is 1. The Morgan fingerprint density at radius 1 is 0.489 bits per heavy atom. The normalized spacial score (nSPS) is 12.7. The molecule has 0 bridgehead atoms. The lowest BCUT2D eigenvalue weighted by molar-refractivity contribution is -0.138. The Hall–Kier alpha value is -3.75. The van der Waals surface area contributed by atoms with E-state index in [0.29, 0.717) is 12.1 Å². The molecule has 0 amide bonds. The standard InChI is InChI=1S/C17H13ClF6O.C15H10F6O/c18-7-8-25-15(11-3-1-5-13(9-11)16(19,20)21)12-4-2-6-14(10-12)17(22,23)24;16-14(17,18)11-5-1-3-9(7-11)13(22)10-4-2-6-12(8-10)15(19,20)21/h1-6,9-10,15H,7-8H2;1-8,13,22H. The van der Waals surface area contributed by atoms with Gasteiger partial charge in [-0.2, -0.15) is 52.7 Å². The summed E-state index contributed by atoms with van der Waals surface area (Å²) in [6, 6.07) is 16.3. The van der Waals surface area contributed by atoms with E-state index in [0.717, 1.165) is 48.5 Å². The number of aliphatic hydroxyl groups excluding tert-OH is 1. The van der Waals surface area contributed by atoms with E-state index in [4.69, 9.17) is 16.3 Å². The third-order valence-corrected chi connectivity index (χ3v) is 6.61. The molecule has 4 aromatic rings. The van der Waals surface area contributed by atoms with E-state index < -0.39 is 59.2 Å². The molecule has 0 unspecified atom stereocenters. The van der Waals surface area contributed by atoms with Gasteiger partial charge in [0, 0.05) is 5.88 Å². The summed E-state index contributed by atoms with van der Waals surface area (Å²) in [7, 11) is 0. The van der Waals surface area contributed by atoms with E-state index in [2.05, 4.69) is 0 Å². The number of ether oxygens (including phenoxy) is 1. The fourth-order valence-electron chi connectivity index (χ4n) is 4.27. The number of alkyl halides is 13. The summed E-state index contributed by atoms with van der Waals surface area (Å²) in [5.74, 6) is 0.0500. The number of halogens is 13. The van der Waals surface area contributed by atoms with Crippen LogP contribution in [0.5, 0.6) is 0 Å². The van der Waals surface area contributed by atoms with Gasteiger partial charge in [0.05, 0.1) is 28.9 Å². The van der Waals surface area contributed by atoms with Gasteiger partial charge < -0.3 is 9.84 Å². The van der Waals surface area contributed by atoms with Crippen LogP contribution in [0.1, 0.15) is 56.7 Å². The van der Waals surface area contributed by atoms with Gasteiger partial charge in [-0.15, -0.1) is 11.6 Å². The van der Waals surface area contributed by atoms with Crippen molar-refractivity contribution in [2.75, 3.05) is 12.5 Å². The van der Waals surface area contributed by atoms with Gasteiger partial charge in [0.25, 0.3) is 0 Å². The molecule has 0 spiro atoms.